The van der Waals surface area contributed by atoms with Crippen LogP contribution in [0, 0.1) is 0 Å². The van der Waals surface area contributed by atoms with Crippen LogP contribution >= 0.6 is 0 Å². The molecule has 130 valence electrons. The Bertz CT molecular complexity index is 839. The molecule has 0 aliphatic carbocycles. The summed E-state index contributed by atoms with van der Waals surface area (Å²) in [5.41, 5.74) is -0.400. The highest BCUT2D eigenvalue weighted by Crippen LogP contribution is 2.21. The molecule has 1 N–H and O–H groups in total. The van der Waals surface area contributed by atoms with Crippen molar-refractivity contribution in [2.45, 2.75) is 38.1 Å². The molecule has 0 saturated heterocycles. The summed E-state index contributed by atoms with van der Waals surface area (Å²) in [5.74, 6) is -0.311. The molecule has 24 heavy (non-hydrogen) atoms. The van der Waals surface area contributed by atoms with Crippen molar-refractivity contribution < 1.29 is 13.2 Å². The summed E-state index contributed by atoms with van der Waals surface area (Å²) in [5, 5.41) is 4.62. The first-order valence-electron chi connectivity index (χ1n) is 7.93. The van der Waals surface area contributed by atoms with Crippen LogP contribution in [0.5, 0.6) is 0 Å². The monoisotopic (exact) mass is 348 g/mol. The van der Waals surface area contributed by atoms with E-state index in [0.717, 1.165) is 10.8 Å². The van der Waals surface area contributed by atoms with Gasteiger partial charge in [0, 0.05) is 12.1 Å². The molecule has 0 aliphatic heterocycles. The third-order valence-electron chi connectivity index (χ3n) is 3.55. The Kier molecular flexibility index (Phi) is 5.30. The first-order chi connectivity index (χ1) is 11.1. The quantitative estimate of drug-likeness (QED) is 0.903. The van der Waals surface area contributed by atoms with Gasteiger partial charge in [-0.3, -0.25) is 4.79 Å². The van der Waals surface area contributed by atoms with Crippen LogP contribution in [0.25, 0.3) is 10.8 Å². The predicted octanol–water partition coefficient (Wildman–Crippen LogP) is 2.77. The first-order valence-corrected chi connectivity index (χ1v) is 9.37. The van der Waals surface area contributed by atoms with Gasteiger partial charge in [-0.2, -0.15) is 4.31 Å². The Balaban J connectivity index is 2.29. The maximum Gasteiger partial charge on any atom is 0.243 e. The summed E-state index contributed by atoms with van der Waals surface area (Å²) in [4.78, 5) is 12.3. The second-order valence-corrected chi connectivity index (χ2v) is 8.68. The normalized spacial score (nSPS) is 12.5. The number of hydrogen-bond acceptors (Lipinski definition) is 3. The van der Waals surface area contributed by atoms with Gasteiger partial charge in [-0.15, -0.1) is 0 Å². The molecule has 0 aromatic heterocycles. The summed E-state index contributed by atoms with van der Waals surface area (Å²) in [6.45, 7) is 7.34. The lowest BCUT2D eigenvalue weighted by Gasteiger charge is -2.24. The second kappa shape index (κ2) is 6.91. The number of amides is 1. The molecule has 0 spiro atoms. The van der Waals surface area contributed by atoms with Crippen molar-refractivity contribution in [3.63, 3.8) is 0 Å². The maximum atomic E-state index is 12.9. The van der Waals surface area contributed by atoms with Gasteiger partial charge in [0.15, 0.2) is 0 Å². The molecule has 0 bridgehead atoms. The van der Waals surface area contributed by atoms with E-state index >= 15 is 0 Å². The Labute approximate surface area is 143 Å². The average molecular weight is 348 g/mol. The summed E-state index contributed by atoms with van der Waals surface area (Å²) in [6.07, 6.45) is 0. The van der Waals surface area contributed by atoms with E-state index in [0.29, 0.717) is 0 Å². The molecule has 0 aliphatic rings. The lowest BCUT2D eigenvalue weighted by Crippen LogP contribution is -2.47. The van der Waals surface area contributed by atoms with E-state index in [9.17, 15) is 13.2 Å². The lowest BCUT2D eigenvalue weighted by atomic mass is 10.1. The molecule has 5 nitrogen and oxygen atoms in total. The predicted molar refractivity (Wildman–Crippen MR) is 96.3 cm³/mol. The van der Waals surface area contributed by atoms with Crippen molar-refractivity contribution in [2.75, 3.05) is 13.1 Å². The van der Waals surface area contributed by atoms with Crippen LogP contribution in [0.3, 0.4) is 0 Å². The number of rotatable bonds is 5. The van der Waals surface area contributed by atoms with Gasteiger partial charge in [0.25, 0.3) is 0 Å². The summed E-state index contributed by atoms with van der Waals surface area (Å²) in [6, 6.07) is 12.6. The Morgan fingerprint density at radius 1 is 1.08 bits per heavy atom. The van der Waals surface area contributed by atoms with Crippen LogP contribution in [-0.4, -0.2) is 37.3 Å². The van der Waals surface area contributed by atoms with Gasteiger partial charge >= 0.3 is 0 Å². The van der Waals surface area contributed by atoms with Gasteiger partial charge in [0.05, 0.1) is 11.4 Å². The van der Waals surface area contributed by atoms with E-state index in [2.05, 4.69) is 5.32 Å². The van der Waals surface area contributed by atoms with E-state index in [4.69, 9.17) is 0 Å². The molecule has 1 amide bonds. The van der Waals surface area contributed by atoms with Crippen molar-refractivity contribution in [3.05, 3.63) is 42.5 Å². The number of carbonyl (C=O) groups excluding carboxylic acids is 1. The Morgan fingerprint density at radius 2 is 1.71 bits per heavy atom. The molecule has 2 aromatic carbocycles. The minimum Gasteiger partial charge on any atom is -0.350 e. The van der Waals surface area contributed by atoms with Gasteiger partial charge < -0.3 is 5.32 Å². The number of hydrogen-bond donors (Lipinski definition) is 1. The molecule has 6 heteroatoms. The van der Waals surface area contributed by atoms with Crippen molar-refractivity contribution in [1.29, 1.82) is 0 Å². The van der Waals surface area contributed by atoms with Gasteiger partial charge in [0.2, 0.25) is 15.9 Å². The van der Waals surface area contributed by atoms with Crippen molar-refractivity contribution in [1.82, 2.24) is 9.62 Å². The number of carbonyl (C=O) groups is 1. The minimum atomic E-state index is -3.72. The van der Waals surface area contributed by atoms with E-state index < -0.39 is 15.6 Å². The van der Waals surface area contributed by atoms with Gasteiger partial charge in [-0.05, 0) is 43.7 Å². The number of sulfonamides is 1. The number of fused-ring (bicyclic) bond motifs is 1. The molecular formula is C18H24N2O3S. The highest BCUT2D eigenvalue weighted by atomic mass is 32.2. The smallest absolute Gasteiger partial charge is 0.243 e. The fourth-order valence-electron chi connectivity index (χ4n) is 2.46. The van der Waals surface area contributed by atoms with E-state index in [1.807, 2.05) is 45.0 Å². The zero-order chi connectivity index (χ0) is 18.0. The van der Waals surface area contributed by atoms with Gasteiger partial charge in [-0.25, -0.2) is 8.42 Å². The molecule has 0 radical (unpaired) electrons. The van der Waals surface area contributed by atoms with E-state index in [-0.39, 0.29) is 23.9 Å². The van der Waals surface area contributed by atoms with Crippen LogP contribution in [0.15, 0.2) is 47.4 Å². The number of likely N-dealkylation sites (N-methyl/N-ethyl adjacent to an activating group) is 1. The molecule has 0 atom stereocenters. The SMILES string of the molecule is CCN(CC(=O)NC(C)(C)C)S(=O)(=O)c1ccc2ccccc2c1. The topological polar surface area (TPSA) is 66.5 Å². The fraction of sp³-hybridized carbons (Fsp3) is 0.389. The fourth-order valence-corrected chi connectivity index (χ4v) is 3.90. The first kappa shape index (κ1) is 18.4. The zero-order valence-corrected chi connectivity index (χ0v) is 15.4. The molecular weight excluding hydrogens is 324 g/mol. The summed E-state index contributed by atoms with van der Waals surface area (Å²) in [7, 11) is -3.72. The van der Waals surface area contributed by atoms with Crippen LogP contribution in [0.2, 0.25) is 0 Å². The largest absolute Gasteiger partial charge is 0.350 e. The molecule has 0 heterocycles. The van der Waals surface area contributed by atoms with Crippen LogP contribution in [0.1, 0.15) is 27.7 Å². The van der Waals surface area contributed by atoms with Crippen molar-refractivity contribution in [3.8, 4) is 0 Å². The molecule has 0 unspecified atom stereocenters. The molecule has 0 saturated carbocycles. The number of benzene rings is 2. The third-order valence-corrected chi connectivity index (χ3v) is 5.46. The lowest BCUT2D eigenvalue weighted by molar-refractivity contribution is -0.122. The van der Waals surface area contributed by atoms with Crippen molar-refractivity contribution in [2.24, 2.45) is 0 Å². The standard InChI is InChI=1S/C18H24N2O3S/c1-5-20(13-17(21)19-18(2,3)4)24(22,23)16-11-10-14-8-6-7-9-15(14)12-16/h6-12H,5,13H2,1-4H3,(H,19,21). The van der Waals surface area contributed by atoms with Crippen molar-refractivity contribution >= 4 is 26.7 Å². The summed E-state index contributed by atoms with van der Waals surface area (Å²) >= 11 is 0. The zero-order valence-electron chi connectivity index (χ0n) is 14.5. The molecule has 2 aromatic rings. The maximum absolute atomic E-state index is 12.9. The molecule has 0 fully saturated rings. The third kappa shape index (κ3) is 4.33. The molecule has 2 rings (SSSR count). The number of nitrogens with one attached hydrogen (secondary N) is 1. The van der Waals surface area contributed by atoms with E-state index in [1.165, 1.54) is 4.31 Å². The summed E-state index contributed by atoms with van der Waals surface area (Å²) < 4.78 is 26.9. The van der Waals surface area contributed by atoms with Crippen LogP contribution < -0.4 is 5.32 Å². The van der Waals surface area contributed by atoms with Gasteiger partial charge in [0.1, 0.15) is 0 Å². The second-order valence-electron chi connectivity index (χ2n) is 6.74. The van der Waals surface area contributed by atoms with E-state index in [1.54, 1.807) is 25.1 Å². The number of nitrogens with zero attached hydrogens (tertiary/aromatic N) is 1. The Hall–Kier alpha value is -1.92. The average Bonchev–Trinajstić information content (AvgIpc) is 2.50. The highest BCUT2D eigenvalue weighted by Gasteiger charge is 2.26. The van der Waals surface area contributed by atoms with Crippen LogP contribution in [0.4, 0.5) is 0 Å². The minimum absolute atomic E-state index is 0.192. The highest BCUT2D eigenvalue weighted by molar-refractivity contribution is 7.89. The van der Waals surface area contributed by atoms with Gasteiger partial charge in [-0.1, -0.05) is 37.3 Å². The Morgan fingerprint density at radius 3 is 2.29 bits per heavy atom. The van der Waals surface area contributed by atoms with Crippen LogP contribution in [-0.2, 0) is 14.8 Å².